The van der Waals surface area contributed by atoms with Gasteiger partial charge in [0.2, 0.25) is 0 Å². The summed E-state index contributed by atoms with van der Waals surface area (Å²) in [6.45, 7) is 2.25. The van der Waals surface area contributed by atoms with Gasteiger partial charge in [-0.2, -0.15) is 0 Å². The highest BCUT2D eigenvalue weighted by Crippen LogP contribution is 2.27. The lowest BCUT2D eigenvalue weighted by Crippen LogP contribution is -1.94. The summed E-state index contributed by atoms with van der Waals surface area (Å²) in [4.78, 5) is 0. The summed E-state index contributed by atoms with van der Waals surface area (Å²) in [5.74, 6) is 0.668. The van der Waals surface area contributed by atoms with Crippen LogP contribution in [0.2, 0.25) is 0 Å². The second-order valence-electron chi connectivity index (χ2n) is 5.18. The molecule has 1 aliphatic rings. The Morgan fingerprint density at radius 2 is 1.58 bits per heavy atom. The molecular formula is C19H18. The summed E-state index contributed by atoms with van der Waals surface area (Å²) in [6.07, 6.45) is 8.03. The molecule has 0 fully saturated rings. The van der Waals surface area contributed by atoms with Crippen molar-refractivity contribution in [3.05, 3.63) is 78.4 Å². The Kier molecular flexibility index (Phi) is 3.33. The van der Waals surface area contributed by atoms with Gasteiger partial charge in [0.15, 0.2) is 0 Å². The van der Waals surface area contributed by atoms with E-state index in [9.17, 15) is 0 Å². The Bertz CT molecular complexity index is 617. The van der Waals surface area contributed by atoms with Crippen molar-refractivity contribution in [2.45, 2.75) is 13.3 Å². The lowest BCUT2D eigenvalue weighted by atomic mass is 9.92. The van der Waals surface area contributed by atoms with Gasteiger partial charge in [-0.1, -0.05) is 73.7 Å². The molecule has 1 atom stereocenters. The fourth-order valence-electron chi connectivity index (χ4n) is 2.45. The molecule has 0 aliphatic heterocycles. The second-order valence-corrected chi connectivity index (χ2v) is 5.18. The maximum Gasteiger partial charge on any atom is -0.0178 e. The molecular weight excluding hydrogens is 228 g/mol. The van der Waals surface area contributed by atoms with Gasteiger partial charge < -0.3 is 0 Å². The highest BCUT2D eigenvalue weighted by atomic mass is 14.1. The Morgan fingerprint density at radius 1 is 0.842 bits per heavy atom. The van der Waals surface area contributed by atoms with E-state index in [1.54, 1.807) is 0 Å². The molecule has 0 amide bonds. The highest BCUT2D eigenvalue weighted by molar-refractivity contribution is 5.78. The summed E-state index contributed by atoms with van der Waals surface area (Å²) >= 11 is 0. The highest BCUT2D eigenvalue weighted by Gasteiger charge is 2.06. The van der Waals surface area contributed by atoms with Crippen LogP contribution in [0.1, 0.15) is 18.9 Å². The molecule has 0 radical (unpaired) electrons. The van der Waals surface area contributed by atoms with E-state index in [4.69, 9.17) is 0 Å². The minimum Gasteiger partial charge on any atom is -0.0808 e. The average molecular weight is 246 g/mol. The van der Waals surface area contributed by atoms with Gasteiger partial charge in [0.05, 0.1) is 0 Å². The van der Waals surface area contributed by atoms with Crippen LogP contribution in [0.25, 0.3) is 16.7 Å². The van der Waals surface area contributed by atoms with Crippen molar-refractivity contribution < 1.29 is 0 Å². The van der Waals surface area contributed by atoms with E-state index < -0.39 is 0 Å². The van der Waals surface area contributed by atoms with Gasteiger partial charge >= 0.3 is 0 Å². The van der Waals surface area contributed by atoms with Gasteiger partial charge in [0.1, 0.15) is 0 Å². The fraction of sp³-hybridized carbons (Fsp3) is 0.158. The smallest absolute Gasteiger partial charge is 0.0178 e. The van der Waals surface area contributed by atoms with E-state index in [0.29, 0.717) is 5.92 Å². The molecule has 0 heterocycles. The zero-order valence-corrected chi connectivity index (χ0v) is 11.2. The van der Waals surface area contributed by atoms with Gasteiger partial charge in [0.25, 0.3) is 0 Å². The fourth-order valence-corrected chi connectivity index (χ4v) is 2.45. The molecule has 0 nitrogen and oxygen atoms in total. The summed E-state index contributed by atoms with van der Waals surface area (Å²) in [5.41, 5.74) is 5.21. The van der Waals surface area contributed by atoms with E-state index in [0.717, 1.165) is 6.42 Å². The molecule has 1 unspecified atom stereocenters. The third-order valence-corrected chi connectivity index (χ3v) is 3.62. The Labute approximate surface area is 115 Å². The number of allylic oxidation sites excluding steroid dienone is 4. The van der Waals surface area contributed by atoms with Gasteiger partial charge in [-0.3, -0.25) is 0 Å². The SMILES string of the molecule is CC1C=CC(c2cccc(-c3ccccc3)c2)=CC1. The number of hydrogen-bond acceptors (Lipinski definition) is 0. The molecule has 2 aromatic carbocycles. The van der Waals surface area contributed by atoms with Crippen molar-refractivity contribution in [2.24, 2.45) is 5.92 Å². The standard InChI is InChI=1S/C19H18/c1-15-10-12-17(13-11-15)19-9-5-8-18(14-19)16-6-3-2-4-7-16/h2-10,12-15H,11H2,1H3. The molecule has 94 valence electrons. The van der Waals surface area contributed by atoms with Crippen molar-refractivity contribution in [2.75, 3.05) is 0 Å². The van der Waals surface area contributed by atoms with Crippen molar-refractivity contribution in [3.63, 3.8) is 0 Å². The van der Waals surface area contributed by atoms with Crippen LogP contribution in [0.5, 0.6) is 0 Å². The van der Waals surface area contributed by atoms with E-state index >= 15 is 0 Å². The van der Waals surface area contributed by atoms with Gasteiger partial charge in [-0.05, 0) is 40.7 Å². The van der Waals surface area contributed by atoms with Crippen molar-refractivity contribution in [1.29, 1.82) is 0 Å². The lowest BCUT2D eigenvalue weighted by Gasteiger charge is -2.13. The normalized spacial score (nSPS) is 18.2. The van der Waals surface area contributed by atoms with Crippen LogP contribution in [0, 0.1) is 5.92 Å². The van der Waals surface area contributed by atoms with Crippen LogP contribution in [0.15, 0.2) is 72.8 Å². The molecule has 0 spiro atoms. The first kappa shape index (κ1) is 12.0. The van der Waals surface area contributed by atoms with E-state index in [-0.39, 0.29) is 0 Å². The minimum atomic E-state index is 0.668. The van der Waals surface area contributed by atoms with Crippen LogP contribution in [0.3, 0.4) is 0 Å². The molecule has 0 N–H and O–H groups in total. The van der Waals surface area contributed by atoms with Crippen LogP contribution in [-0.2, 0) is 0 Å². The molecule has 3 rings (SSSR count). The zero-order valence-electron chi connectivity index (χ0n) is 11.2. The number of rotatable bonds is 2. The van der Waals surface area contributed by atoms with Gasteiger partial charge in [0, 0.05) is 0 Å². The maximum absolute atomic E-state index is 2.34. The third-order valence-electron chi connectivity index (χ3n) is 3.62. The van der Waals surface area contributed by atoms with E-state index in [2.05, 4.69) is 79.7 Å². The Balaban J connectivity index is 1.95. The first-order valence-corrected chi connectivity index (χ1v) is 6.87. The number of hydrogen-bond donors (Lipinski definition) is 0. The monoisotopic (exact) mass is 246 g/mol. The molecule has 0 heteroatoms. The average Bonchev–Trinajstić information content (AvgIpc) is 2.49. The first-order chi connectivity index (χ1) is 9.33. The lowest BCUT2D eigenvalue weighted by molar-refractivity contribution is 0.739. The summed E-state index contributed by atoms with van der Waals surface area (Å²) in [6, 6.07) is 19.3. The quantitative estimate of drug-likeness (QED) is 0.671. The van der Waals surface area contributed by atoms with Crippen LogP contribution in [0.4, 0.5) is 0 Å². The second kappa shape index (κ2) is 5.27. The van der Waals surface area contributed by atoms with Crippen LogP contribution in [-0.4, -0.2) is 0 Å². The predicted octanol–water partition coefficient (Wildman–Crippen LogP) is 5.33. The number of benzene rings is 2. The predicted molar refractivity (Wildman–Crippen MR) is 82.8 cm³/mol. The van der Waals surface area contributed by atoms with Crippen molar-refractivity contribution in [3.8, 4) is 11.1 Å². The third kappa shape index (κ3) is 2.68. The maximum atomic E-state index is 2.34. The molecule has 1 aliphatic carbocycles. The molecule has 0 saturated heterocycles. The molecule has 19 heavy (non-hydrogen) atoms. The van der Waals surface area contributed by atoms with Crippen LogP contribution < -0.4 is 0 Å². The van der Waals surface area contributed by atoms with Crippen molar-refractivity contribution in [1.82, 2.24) is 0 Å². The molecule has 0 aromatic heterocycles. The van der Waals surface area contributed by atoms with Crippen LogP contribution >= 0.6 is 0 Å². The largest absolute Gasteiger partial charge is 0.0808 e. The van der Waals surface area contributed by atoms with E-state index in [1.807, 2.05) is 0 Å². The summed E-state index contributed by atoms with van der Waals surface area (Å²) in [7, 11) is 0. The van der Waals surface area contributed by atoms with Crippen molar-refractivity contribution >= 4 is 5.57 Å². The minimum absolute atomic E-state index is 0.668. The Morgan fingerprint density at radius 3 is 2.32 bits per heavy atom. The van der Waals surface area contributed by atoms with Gasteiger partial charge in [-0.25, -0.2) is 0 Å². The molecule has 0 bridgehead atoms. The first-order valence-electron chi connectivity index (χ1n) is 6.87. The molecule has 0 saturated carbocycles. The summed E-state index contributed by atoms with van der Waals surface area (Å²) in [5, 5.41) is 0. The van der Waals surface area contributed by atoms with E-state index in [1.165, 1.54) is 22.3 Å². The Hall–Kier alpha value is -2.08. The summed E-state index contributed by atoms with van der Waals surface area (Å²) < 4.78 is 0. The topological polar surface area (TPSA) is 0 Å². The zero-order chi connectivity index (χ0) is 13.1. The van der Waals surface area contributed by atoms with Gasteiger partial charge in [-0.15, -0.1) is 0 Å². The molecule has 2 aromatic rings.